The summed E-state index contributed by atoms with van der Waals surface area (Å²) < 4.78 is 0. The Kier molecular flexibility index (Phi) is 5.50. The molecule has 8 heteroatoms. The van der Waals surface area contributed by atoms with E-state index in [-0.39, 0.29) is 6.42 Å². The highest BCUT2D eigenvalue weighted by molar-refractivity contribution is 7.16. The zero-order chi connectivity index (χ0) is 18.5. The molecule has 0 saturated carbocycles. The third kappa shape index (κ3) is 4.59. The molecule has 0 aliphatic carbocycles. The number of hydrogen-bond donors (Lipinski definition) is 3. The van der Waals surface area contributed by atoms with Gasteiger partial charge < -0.3 is 10.4 Å². The summed E-state index contributed by atoms with van der Waals surface area (Å²) in [4.78, 5) is 28.2. The fraction of sp³-hybridized carbons (Fsp3) is 0.0556. The van der Waals surface area contributed by atoms with E-state index in [1.807, 2.05) is 18.2 Å². The Bertz CT molecular complexity index is 927. The van der Waals surface area contributed by atoms with E-state index in [1.54, 1.807) is 36.4 Å². The lowest BCUT2D eigenvalue weighted by Crippen LogP contribution is -2.19. The highest BCUT2D eigenvalue weighted by Crippen LogP contribution is 2.32. The third-order valence-corrected chi connectivity index (χ3v) is 4.60. The first-order chi connectivity index (χ1) is 12.5. The number of anilines is 2. The maximum atomic E-state index is 12.1. The Morgan fingerprint density at radius 2 is 1.73 bits per heavy atom. The van der Waals surface area contributed by atoms with E-state index in [9.17, 15) is 9.59 Å². The Balaban J connectivity index is 1.82. The van der Waals surface area contributed by atoms with Crippen LogP contribution in [0.2, 0.25) is 5.02 Å². The van der Waals surface area contributed by atoms with E-state index in [0.29, 0.717) is 26.4 Å². The predicted molar refractivity (Wildman–Crippen MR) is 103 cm³/mol. The number of nitrogens with zero attached hydrogens (tertiary/aromatic N) is 1. The SMILES string of the molecule is O=C(O)Cc1sc(NC(=O)Nc2ccccc2)nc1-c1ccc(Cl)cc1. The Morgan fingerprint density at radius 3 is 2.38 bits per heavy atom. The van der Waals surface area contributed by atoms with Crippen LogP contribution in [0.25, 0.3) is 11.3 Å². The Hall–Kier alpha value is -2.90. The van der Waals surface area contributed by atoms with Gasteiger partial charge in [-0.25, -0.2) is 9.78 Å². The van der Waals surface area contributed by atoms with Gasteiger partial charge in [-0.15, -0.1) is 11.3 Å². The summed E-state index contributed by atoms with van der Waals surface area (Å²) in [7, 11) is 0. The molecule has 0 aliphatic heterocycles. The molecule has 0 fully saturated rings. The zero-order valence-corrected chi connectivity index (χ0v) is 15.0. The fourth-order valence-electron chi connectivity index (χ4n) is 2.28. The van der Waals surface area contributed by atoms with Gasteiger partial charge in [0.1, 0.15) is 0 Å². The first-order valence-corrected chi connectivity index (χ1v) is 8.81. The van der Waals surface area contributed by atoms with Gasteiger partial charge in [-0.2, -0.15) is 0 Å². The zero-order valence-electron chi connectivity index (χ0n) is 13.4. The number of carbonyl (C=O) groups is 2. The molecule has 0 unspecified atom stereocenters. The van der Waals surface area contributed by atoms with Gasteiger partial charge in [0.05, 0.1) is 12.1 Å². The normalized spacial score (nSPS) is 10.3. The Morgan fingerprint density at radius 1 is 1.04 bits per heavy atom. The van der Waals surface area contributed by atoms with Gasteiger partial charge in [-0.3, -0.25) is 10.1 Å². The number of thiazole rings is 1. The van der Waals surface area contributed by atoms with Gasteiger partial charge in [-0.1, -0.05) is 41.9 Å². The van der Waals surface area contributed by atoms with Crippen molar-refractivity contribution < 1.29 is 14.7 Å². The predicted octanol–water partition coefficient (Wildman–Crippen LogP) is 4.73. The van der Waals surface area contributed by atoms with Gasteiger partial charge in [0.2, 0.25) is 0 Å². The number of rotatable bonds is 5. The molecule has 2 aromatic carbocycles. The lowest BCUT2D eigenvalue weighted by Gasteiger charge is -2.04. The number of para-hydroxylation sites is 1. The molecule has 0 saturated heterocycles. The number of aromatic nitrogens is 1. The van der Waals surface area contributed by atoms with E-state index in [4.69, 9.17) is 16.7 Å². The van der Waals surface area contributed by atoms with E-state index < -0.39 is 12.0 Å². The van der Waals surface area contributed by atoms with Gasteiger partial charge in [0.25, 0.3) is 0 Å². The van der Waals surface area contributed by atoms with Crippen molar-refractivity contribution >= 4 is 45.8 Å². The van der Waals surface area contributed by atoms with Gasteiger partial charge in [-0.05, 0) is 24.3 Å². The van der Waals surface area contributed by atoms with E-state index in [1.165, 1.54) is 0 Å². The van der Waals surface area contributed by atoms with Crippen LogP contribution >= 0.6 is 22.9 Å². The number of carbonyl (C=O) groups excluding carboxylic acids is 1. The summed E-state index contributed by atoms with van der Waals surface area (Å²) in [5.41, 5.74) is 1.90. The monoisotopic (exact) mass is 387 g/mol. The minimum atomic E-state index is -0.968. The van der Waals surface area contributed by atoms with Crippen molar-refractivity contribution in [2.75, 3.05) is 10.6 Å². The first-order valence-electron chi connectivity index (χ1n) is 7.62. The number of amides is 2. The molecular weight excluding hydrogens is 374 g/mol. The van der Waals surface area contributed by atoms with E-state index in [2.05, 4.69) is 15.6 Å². The Labute approximate surface area is 158 Å². The van der Waals surface area contributed by atoms with Crippen LogP contribution in [0.1, 0.15) is 4.88 Å². The number of aliphatic carboxylic acids is 1. The lowest BCUT2D eigenvalue weighted by molar-refractivity contribution is -0.136. The number of benzene rings is 2. The molecule has 3 N–H and O–H groups in total. The molecule has 1 aromatic heterocycles. The van der Waals surface area contributed by atoms with E-state index in [0.717, 1.165) is 16.9 Å². The number of carboxylic acids is 1. The molecular formula is C18H14ClN3O3S. The van der Waals surface area contributed by atoms with E-state index >= 15 is 0 Å². The summed E-state index contributed by atoms with van der Waals surface area (Å²) in [6.07, 6.45) is -0.183. The van der Waals surface area contributed by atoms with Gasteiger partial charge in [0, 0.05) is 21.2 Å². The maximum absolute atomic E-state index is 12.1. The average molecular weight is 388 g/mol. The van der Waals surface area contributed by atoms with Crippen LogP contribution in [-0.4, -0.2) is 22.1 Å². The topological polar surface area (TPSA) is 91.3 Å². The summed E-state index contributed by atoms with van der Waals surface area (Å²) in [6, 6.07) is 15.5. The lowest BCUT2D eigenvalue weighted by atomic mass is 10.1. The number of hydrogen-bond acceptors (Lipinski definition) is 4. The maximum Gasteiger partial charge on any atom is 0.325 e. The number of carboxylic acid groups (broad SMARTS) is 1. The second-order valence-corrected chi connectivity index (χ2v) is 6.83. The second-order valence-electron chi connectivity index (χ2n) is 5.31. The number of nitrogens with one attached hydrogen (secondary N) is 2. The highest BCUT2D eigenvalue weighted by Gasteiger charge is 2.17. The molecule has 0 bridgehead atoms. The van der Waals surface area contributed by atoms with Crippen LogP contribution in [0.5, 0.6) is 0 Å². The van der Waals surface area contributed by atoms with Crippen LogP contribution in [-0.2, 0) is 11.2 Å². The van der Waals surface area contributed by atoms with Crippen molar-refractivity contribution in [2.24, 2.45) is 0 Å². The highest BCUT2D eigenvalue weighted by atomic mass is 35.5. The fourth-order valence-corrected chi connectivity index (χ4v) is 3.37. The van der Waals surface area contributed by atoms with Crippen molar-refractivity contribution in [1.82, 2.24) is 4.98 Å². The summed E-state index contributed by atoms with van der Waals surface area (Å²) in [6.45, 7) is 0. The number of urea groups is 1. The molecule has 6 nitrogen and oxygen atoms in total. The standard InChI is InChI=1S/C18H14ClN3O3S/c19-12-8-6-11(7-9-12)16-14(10-15(23)24)26-18(21-16)22-17(25)20-13-4-2-1-3-5-13/h1-9H,10H2,(H,23,24)(H2,20,21,22,25). The van der Waals surface area contributed by atoms with Crippen molar-refractivity contribution in [3.05, 3.63) is 64.5 Å². The molecule has 0 spiro atoms. The molecule has 0 radical (unpaired) electrons. The van der Waals surface area contributed by atoms with Crippen LogP contribution in [0.3, 0.4) is 0 Å². The smallest absolute Gasteiger partial charge is 0.325 e. The van der Waals surface area contributed by atoms with Crippen molar-refractivity contribution in [3.63, 3.8) is 0 Å². The van der Waals surface area contributed by atoms with Gasteiger partial charge >= 0.3 is 12.0 Å². The molecule has 3 aromatic rings. The van der Waals surface area contributed by atoms with Crippen molar-refractivity contribution in [2.45, 2.75) is 6.42 Å². The average Bonchev–Trinajstić information content (AvgIpc) is 2.97. The molecule has 132 valence electrons. The first kappa shape index (κ1) is 17.9. The van der Waals surface area contributed by atoms with Gasteiger partial charge in [0.15, 0.2) is 5.13 Å². The van der Waals surface area contributed by atoms with Crippen LogP contribution in [0.15, 0.2) is 54.6 Å². The summed E-state index contributed by atoms with van der Waals surface area (Å²) in [5.74, 6) is -0.968. The third-order valence-electron chi connectivity index (χ3n) is 3.38. The largest absolute Gasteiger partial charge is 0.481 e. The quantitative estimate of drug-likeness (QED) is 0.590. The van der Waals surface area contributed by atoms with Crippen LogP contribution in [0, 0.1) is 0 Å². The molecule has 0 aliphatic rings. The summed E-state index contributed by atoms with van der Waals surface area (Å²) in [5, 5.41) is 15.4. The molecule has 3 rings (SSSR count). The second kappa shape index (κ2) is 7.99. The van der Waals surface area contributed by atoms with Crippen LogP contribution in [0.4, 0.5) is 15.6 Å². The minimum absolute atomic E-state index is 0.183. The van der Waals surface area contributed by atoms with Crippen LogP contribution < -0.4 is 10.6 Å². The molecule has 1 heterocycles. The molecule has 2 amide bonds. The minimum Gasteiger partial charge on any atom is -0.481 e. The molecule has 0 atom stereocenters. The van der Waals surface area contributed by atoms with Crippen molar-refractivity contribution in [1.29, 1.82) is 0 Å². The molecule has 26 heavy (non-hydrogen) atoms. The number of halogens is 1. The van der Waals surface area contributed by atoms with Crippen molar-refractivity contribution in [3.8, 4) is 11.3 Å². The summed E-state index contributed by atoms with van der Waals surface area (Å²) >= 11 is 7.03.